The van der Waals surface area contributed by atoms with Gasteiger partial charge in [-0.1, -0.05) is 28.9 Å². The van der Waals surface area contributed by atoms with Crippen molar-refractivity contribution >= 4 is 23.2 Å². The molecular weight excluding hydrogens is 302 g/mol. The number of halogens is 1. The first-order valence-corrected chi connectivity index (χ1v) is 7.67. The predicted molar refractivity (Wildman–Crippen MR) is 85.5 cm³/mol. The molecule has 1 saturated heterocycles. The van der Waals surface area contributed by atoms with E-state index in [0.717, 1.165) is 23.8 Å². The van der Waals surface area contributed by atoms with E-state index in [9.17, 15) is 4.79 Å². The average Bonchev–Trinajstić information content (AvgIpc) is 2.86. The molecule has 1 aromatic carbocycles. The maximum absolute atomic E-state index is 12.6. The topological polar surface area (TPSA) is 49.6 Å². The third-order valence-electron chi connectivity index (χ3n) is 4.01. The van der Waals surface area contributed by atoms with E-state index in [1.54, 1.807) is 13.8 Å². The highest BCUT2D eigenvalue weighted by atomic mass is 35.5. The number of hydrogen-bond donors (Lipinski definition) is 0. The number of aryl methyl sites for hydroxylation is 2. The fourth-order valence-corrected chi connectivity index (χ4v) is 3.06. The Morgan fingerprint density at radius 1 is 1.18 bits per heavy atom. The Hall–Kier alpha value is -2.01. The van der Waals surface area contributed by atoms with E-state index in [1.165, 1.54) is 0 Å². The van der Waals surface area contributed by atoms with Crippen LogP contribution >= 0.6 is 11.6 Å². The molecular formula is C16H18ClN3O2. The lowest BCUT2D eigenvalue weighted by Crippen LogP contribution is -2.49. The fourth-order valence-electron chi connectivity index (χ4n) is 2.81. The minimum atomic E-state index is -0.00458. The summed E-state index contributed by atoms with van der Waals surface area (Å²) in [6.45, 7) is 6.41. The maximum atomic E-state index is 12.6. The summed E-state index contributed by atoms with van der Waals surface area (Å²) in [5.74, 6) is 0.575. The Morgan fingerprint density at radius 3 is 2.45 bits per heavy atom. The molecule has 1 aliphatic heterocycles. The van der Waals surface area contributed by atoms with Crippen molar-refractivity contribution in [2.45, 2.75) is 13.8 Å². The summed E-state index contributed by atoms with van der Waals surface area (Å²) < 4.78 is 5.09. The van der Waals surface area contributed by atoms with Gasteiger partial charge in [0.1, 0.15) is 11.3 Å². The van der Waals surface area contributed by atoms with E-state index in [1.807, 2.05) is 29.2 Å². The minimum Gasteiger partial charge on any atom is -0.367 e. The quantitative estimate of drug-likeness (QED) is 0.854. The molecule has 0 unspecified atom stereocenters. The van der Waals surface area contributed by atoms with Gasteiger partial charge in [-0.25, -0.2) is 0 Å². The summed E-state index contributed by atoms with van der Waals surface area (Å²) in [5.41, 5.74) is 2.26. The van der Waals surface area contributed by atoms with Crippen molar-refractivity contribution in [1.82, 2.24) is 10.1 Å². The van der Waals surface area contributed by atoms with Crippen LogP contribution in [0.15, 0.2) is 28.8 Å². The van der Waals surface area contributed by atoms with Gasteiger partial charge in [-0.15, -0.1) is 0 Å². The van der Waals surface area contributed by atoms with Crippen molar-refractivity contribution < 1.29 is 9.32 Å². The molecule has 6 heteroatoms. The zero-order valence-corrected chi connectivity index (χ0v) is 13.4. The van der Waals surface area contributed by atoms with Gasteiger partial charge in [0.2, 0.25) is 0 Å². The van der Waals surface area contributed by atoms with Crippen molar-refractivity contribution in [1.29, 1.82) is 0 Å². The lowest BCUT2D eigenvalue weighted by Gasteiger charge is -2.36. The lowest BCUT2D eigenvalue weighted by atomic mass is 10.1. The van der Waals surface area contributed by atoms with Gasteiger partial charge >= 0.3 is 0 Å². The lowest BCUT2D eigenvalue weighted by molar-refractivity contribution is 0.0744. The zero-order chi connectivity index (χ0) is 15.7. The van der Waals surface area contributed by atoms with Crippen LogP contribution < -0.4 is 4.90 Å². The van der Waals surface area contributed by atoms with Crippen molar-refractivity contribution in [2.24, 2.45) is 0 Å². The molecule has 0 aliphatic carbocycles. The van der Waals surface area contributed by atoms with Crippen LogP contribution in [0.1, 0.15) is 21.8 Å². The number of carbonyl (C=O) groups excluding carboxylic acids is 1. The largest absolute Gasteiger partial charge is 0.367 e. The molecule has 1 aliphatic rings. The van der Waals surface area contributed by atoms with Crippen LogP contribution in [0.2, 0.25) is 5.02 Å². The molecule has 0 radical (unpaired) electrons. The van der Waals surface area contributed by atoms with Gasteiger partial charge in [-0.05, 0) is 26.0 Å². The highest BCUT2D eigenvalue weighted by Gasteiger charge is 2.27. The Labute approximate surface area is 134 Å². The monoisotopic (exact) mass is 319 g/mol. The number of hydrogen-bond acceptors (Lipinski definition) is 4. The van der Waals surface area contributed by atoms with Gasteiger partial charge in [0.15, 0.2) is 0 Å². The molecule has 1 aromatic heterocycles. The van der Waals surface area contributed by atoms with Crippen molar-refractivity contribution in [2.75, 3.05) is 31.1 Å². The standard InChI is InChI=1S/C16H18ClN3O2/c1-11-15(12(2)22-18-11)16(21)20-9-7-19(8-10-20)14-6-4-3-5-13(14)17/h3-6H,7-10H2,1-2H3. The first-order chi connectivity index (χ1) is 10.6. The number of carbonyl (C=O) groups is 1. The van der Waals surface area contributed by atoms with E-state index in [0.29, 0.717) is 30.1 Å². The molecule has 1 fully saturated rings. The second-order valence-corrected chi connectivity index (χ2v) is 5.84. The highest BCUT2D eigenvalue weighted by molar-refractivity contribution is 6.33. The molecule has 3 rings (SSSR count). The molecule has 0 atom stereocenters. The first kappa shape index (κ1) is 14.9. The predicted octanol–water partition coefficient (Wildman–Crippen LogP) is 2.91. The van der Waals surface area contributed by atoms with Crippen LogP contribution in [0.5, 0.6) is 0 Å². The van der Waals surface area contributed by atoms with Gasteiger partial charge in [0.25, 0.3) is 5.91 Å². The van der Waals surface area contributed by atoms with E-state index in [2.05, 4.69) is 10.1 Å². The molecule has 0 bridgehead atoms. The number of aromatic nitrogens is 1. The first-order valence-electron chi connectivity index (χ1n) is 7.29. The summed E-state index contributed by atoms with van der Waals surface area (Å²) in [5, 5.41) is 4.60. The Balaban J connectivity index is 1.70. The molecule has 0 spiro atoms. The van der Waals surface area contributed by atoms with E-state index >= 15 is 0 Å². The van der Waals surface area contributed by atoms with E-state index in [-0.39, 0.29) is 5.91 Å². The zero-order valence-electron chi connectivity index (χ0n) is 12.7. The van der Waals surface area contributed by atoms with Crippen molar-refractivity contribution in [3.63, 3.8) is 0 Å². The van der Waals surface area contributed by atoms with E-state index in [4.69, 9.17) is 16.1 Å². The fraction of sp³-hybridized carbons (Fsp3) is 0.375. The van der Waals surface area contributed by atoms with Crippen LogP contribution in [0.3, 0.4) is 0 Å². The van der Waals surface area contributed by atoms with Crippen LogP contribution in [0.4, 0.5) is 5.69 Å². The van der Waals surface area contributed by atoms with Gasteiger partial charge in [-0.2, -0.15) is 0 Å². The Kier molecular flexibility index (Phi) is 4.07. The molecule has 2 heterocycles. The second kappa shape index (κ2) is 6.01. The summed E-state index contributed by atoms with van der Waals surface area (Å²) in [4.78, 5) is 16.6. The molecule has 2 aromatic rings. The number of anilines is 1. The van der Waals surface area contributed by atoms with Gasteiger partial charge in [0.05, 0.1) is 16.4 Å². The maximum Gasteiger partial charge on any atom is 0.259 e. The number of benzene rings is 1. The van der Waals surface area contributed by atoms with Crippen LogP contribution in [-0.4, -0.2) is 42.1 Å². The molecule has 5 nitrogen and oxygen atoms in total. The van der Waals surface area contributed by atoms with Gasteiger partial charge in [0, 0.05) is 26.2 Å². The summed E-state index contributed by atoms with van der Waals surface area (Å²) in [6.07, 6.45) is 0. The smallest absolute Gasteiger partial charge is 0.259 e. The average molecular weight is 320 g/mol. The molecule has 116 valence electrons. The SMILES string of the molecule is Cc1noc(C)c1C(=O)N1CCN(c2ccccc2Cl)CC1. The highest BCUT2D eigenvalue weighted by Crippen LogP contribution is 2.26. The number of rotatable bonds is 2. The number of nitrogens with zero attached hydrogens (tertiary/aromatic N) is 3. The summed E-state index contributed by atoms with van der Waals surface area (Å²) in [6, 6.07) is 7.79. The number of piperazine rings is 1. The molecule has 22 heavy (non-hydrogen) atoms. The second-order valence-electron chi connectivity index (χ2n) is 5.43. The summed E-state index contributed by atoms with van der Waals surface area (Å²) >= 11 is 6.24. The van der Waals surface area contributed by atoms with Crippen molar-refractivity contribution in [3.05, 3.63) is 46.3 Å². The number of amides is 1. The van der Waals surface area contributed by atoms with Crippen LogP contribution in [0.25, 0.3) is 0 Å². The summed E-state index contributed by atoms with van der Waals surface area (Å²) in [7, 11) is 0. The molecule has 0 N–H and O–H groups in total. The normalized spacial score (nSPS) is 15.2. The minimum absolute atomic E-state index is 0.00458. The van der Waals surface area contributed by atoms with Gasteiger partial charge in [-0.3, -0.25) is 4.79 Å². The van der Waals surface area contributed by atoms with Crippen LogP contribution in [0, 0.1) is 13.8 Å². The van der Waals surface area contributed by atoms with Gasteiger partial charge < -0.3 is 14.3 Å². The Morgan fingerprint density at radius 2 is 1.86 bits per heavy atom. The number of para-hydroxylation sites is 1. The van der Waals surface area contributed by atoms with E-state index < -0.39 is 0 Å². The third kappa shape index (κ3) is 2.68. The Bertz CT molecular complexity index is 671. The molecule has 0 saturated carbocycles. The van der Waals surface area contributed by atoms with Crippen molar-refractivity contribution in [3.8, 4) is 0 Å². The third-order valence-corrected chi connectivity index (χ3v) is 4.33. The molecule has 1 amide bonds. The van der Waals surface area contributed by atoms with Crippen LogP contribution in [-0.2, 0) is 0 Å².